The van der Waals surface area contributed by atoms with Gasteiger partial charge >= 0.3 is 0 Å². The van der Waals surface area contributed by atoms with Gasteiger partial charge in [0.2, 0.25) is 0 Å². The molecule has 3 atom stereocenters. The van der Waals surface area contributed by atoms with Crippen LogP contribution in [-0.2, 0) is 0 Å². The van der Waals surface area contributed by atoms with E-state index >= 15 is 0 Å². The molecule has 78 valence electrons. The summed E-state index contributed by atoms with van der Waals surface area (Å²) in [7, 11) is 4.67. The Labute approximate surface area is 83.1 Å². The molecule has 1 saturated heterocycles. The first-order valence-corrected chi connectivity index (χ1v) is 5.48. The average molecular weight is 185 g/mol. The van der Waals surface area contributed by atoms with Crippen molar-refractivity contribution in [3.8, 4) is 0 Å². The van der Waals surface area contributed by atoms with Gasteiger partial charge < -0.3 is 4.48 Å². The van der Waals surface area contributed by atoms with Crippen molar-refractivity contribution in [1.29, 1.82) is 0 Å². The summed E-state index contributed by atoms with van der Waals surface area (Å²) in [5.41, 5.74) is 0. The molecule has 0 amide bonds. The Bertz CT molecular complexity index is 177. The summed E-state index contributed by atoms with van der Waals surface area (Å²) >= 11 is 0. The van der Waals surface area contributed by atoms with Crippen LogP contribution < -0.4 is 0 Å². The maximum Gasteiger partial charge on any atom is 0.135 e. The lowest BCUT2D eigenvalue weighted by atomic mass is 10.1. The molecule has 0 bridgehead atoms. The molecule has 0 aromatic rings. The molecule has 0 saturated carbocycles. The number of rotatable bonds is 2. The van der Waals surface area contributed by atoms with E-state index in [0.717, 1.165) is 22.6 Å². The van der Waals surface area contributed by atoms with E-state index in [9.17, 15) is 0 Å². The lowest BCUT2D eigenvalue weighted by Crippen LogP contribution is -2.44. The third-order valence-corrected chi connectivity index (χ3v) is 4.01. The van der Waals surface area contributed by atoms with Crippen LogP contribution in [0, 0.1) is 0 Å². The fourth-order valence-corrected chi connectivity index (χ4v) is 2.31. The fourth-order valence-electron chi connectivity index (χ4n) is 2.31. The average Bonchev–Trinajstić information content (AvgIpc) is 2.28. The van der Waals surface area contributed by atoms with Crippen LogP contribution in [0.2, 0.25) is 0 Å². The lowest BCUT2D eigenvalue weighted by molar-refractivity contribution is -0.904. The zero-order chi connectivity index (χ0) is 10.2. The van der Waals surface area contributed by atoms with E-state index in [0.29, 0.717) is 0 Å². The first-order chi connectivity index (χ1) is 5.90. The van der Waals surface area contributed by atoms with Crippen LogP contribution in [0.15, 0.2) is 0 Å². The number of likely N-dealkylation sites (N-methyl/N-ethyl adjacent to an activating group) is 1. The molecule has 1 aliphatic rings. The smallest absolute Gasteiger partial charge is 0.135 e. The lowest BCUT2D eigenvalue weighted by Gasteiger charge is -2.29. The van der Waals surface area contributed by atoms with Gasteiger partial charge in [-0.2, -0.15) is 0 Å². The molecule has 0 radical (unpaired) electrons. The maximum absolute atomic E-state index is 2.64. The van der Waals surface area contributed by atoms with Crippen molar-refractivity contribution in [2.45, 2.75) is 52.2 Å². The molecule has 1 rings (SSSR count). The Morgan fingerprint density at radius 2 is 1.92 bits per heavy atom. The Morgan fingerprint density at radius 1 is 1.38 bits per heavy atom. The Morgan fingerprint density at radius 3 is 2.23 bits per heavy atom. The van der Waals surface area contributed by atoms with Gasteiger partial charge in [-0.3, -0.25) is 0 Å². The highest BCUT2D eigenvalue weighted by molar-refractivity contribution is 4.80. The van der Waals surface area contributed by atoms with Crippen molar-refractivity contribution in [3.05, 3.63) is 0 Å². The summed E-state index contributed by atoms with van der Waals surface area (Å²) in [6.45, 7) is 10.6. The normalized spacial score (nSPS) is 36.5. The van der Waals surface area contributed by atoms with E-state index in [2.05, 4.69) is 46.7 Å². The van der Waals surface area contributed by atoms with Gasteiger partial charge in [0.1, 0.15) is 12.7 Å². The molecule has 0 aromatic heterocycles. The van der Waals surface area contributed by atoms with Crippen molar-refractivity contribution in [2.24, 2.45) is 0 Å². The van der Waals surface area contributed by atoms with Crippen LogP contribution in [0.5, 0.6) is 0 Å². The van der Waals surface area contributed by atoms with E-state index in [1.807, 2.05) is 0 Å². The van der Waals surface area contributed by atoms with Gasteiger partial charge in [0.05, 0.1) is 20.1 Å². The van der Waals surface area contributed by atoms with Crippen LogP contribution in [-0.4, -0.2) is 48.3 Å². The summed E-state index contributed by atoms with van der Waals surface area (Å²) < 4.78 is 1.14. The zero-order valence-electron chi connectivity index (χ0n) is 10.0. The van der Waals surface area contributed by atoms with E-state index in [-0.39, 0.29) is 0 Å². The molecule has 13 heavy (non-hydrogen) atoms. The van der Waals surface area contributed by atoms with Gasteiger partial charge in [-0.15, -0.1) is 0 Å². The van der Waals surface area contributed by atoms with Gasteiger partial charge in [-0.05, 0) is 27.2 Å². The summed E-state index contributed by atoms with van der Waals surface area (Å²) in [5, 5.41) is 0. The highest BCUT2D eigenvalue weighted by Crippen LogP contribution is 2.27. The highest BCUT2D eigenvalue weighted by atomic mass is 15.5. The molecule has 2 heteroatoms. The minimum atomic E-state index is 0.727. The number of hydrogen-bond donors (Lipinski definition) is 0. The van der Waals surface area contributed by atoms with Crippen molar-refractivity contribution in [1.82, 2.24) is 4.90 Å². The third kappa shape index (κ3) is 1.89. The molecule has 0 spiro atoms. The zero-order valence-corrected chi connectivity index (χ0v) is 10.0. The number of hydrogen-bond acceptors (Lipinski definition) is 1. The molecule has 3 unspecified atom stereocenters. The van der Waals surface area contributed by atoms with Crippen LogP contribution in [0.3, 0.4) is 0 Å². The van der Waals surface area contributed by atoms with Gasteiger partial charge in [0.25, 0.3) is 0 Å². The Hall–Kier alpha value is -0.0800. The van der Waals surface area contributed by atoms with Crippen molar-refractivity contribution >= 4 is 0 Å². The van der Waals surface area contributed by atoms with Crippen LogP contribution in [0.1, 0.15) is 34.1 Å². The number of quaternary nitrogens is 1. The maximum atomic E-state index is 2.64. The number of nitrogens with zero attached hydrogens (tertiary/aromatic N) is 2. The van der Waals surface area contributed by atoms with Gasteiger partial charge in [0.15, 0.2) is 0 Å². The second-order valence-electron chi connectivity index (χ2n) is 5.17. The van der Waals surface area contributed by atoms with Crippen molar-refractivity contribution in [3.63, 3.8) is 0 Å². The predicted molar refractivity (Wildman–Crippen MR) is 57.5 cm³/mol. The largest absolute Gasteiger partial charge is 0.312 e. The molecule has 2 nitrogen and oxygen atoms in total. The minimum absolute atomic E-state index is 0.727. The molecule has 1 heterocycles. The standard InChI is InChI=1S/C11H25N2/c1-7-9(2)12-8-13(5,6)11(4)10(12)3/h9-11H,7-8H2,1-6H3/q+1. The highest BCUT2D eigenvalue weighted by Gasteiger charge is 2.43. The first-order valence-electron chi connectivity index (χ1n) is 5.48. The molecule has 0 N–H and O–H groups in total. The van der Waals surface area contributed by atoms with Crippen LogP contribution >= 0.6 is 0 Å². The monoisotopic (exact) mass is 185 g/mol. The molecule has 0 aromatic carbocycles. The second-order valence-corrected chi connectivity index (χ2v) is 5.17. The minimum Gasteiger partial charge on any atom is -0.312 e. The molecule has 1 fully saturated rings. The Balaban J connectivity index is 2.72. The van der Waals surface area contributed by atoms with Crippen LogP contribution in [0.25, 0.3) is 0 Å². The molecular weight excluding hydrogens is 160 g/mol. The SMILES string of the molecule is CCC(C)N1C[N+](C)(C)C(C)C1C. The molecule has 1 aliphatic heterocycles. The topological polar surface area (TPSA) is 3.24 Å². The van der Waals surface area contributed by atoms with Crippen molar-refractivity contribution < 1.29 is 4.48 Å². The van der Waals surface area contributed by atoms with Crippen molar-refractivity contribution in [2.75, 3.05) is 20.8 Å². The van der Waals surface area contributed by atoms with Gasteiger partial charge in [-0.1, -0.05) is 6.92 Å². The fraction of sp³-hybridized carbons (Fsp3) is 1.00. The van der Waals surface area contributed by atoms with E-state index in [1.165, 1.54) is 13.1 Å². The van der Waals surface area contributed by atoms with E-state index in [1.54, 1.807) is 0 Å². The summed E-state index contributed by atoms with van der Waals surface area (Å²) in [6, 6.07) is 2.22. The third-order valence-electron chi connectivity index (χ3n) is 4.01. The van der Waals surface area contributed by atoms with E-state index in [4.69, 9.17) is 0 Å². The summed E-state index contributed by atoms with van der Waals surface area (Å²) in [5.74, 6) is 0. The quantitative estimate of drug-likeness (QED) is 0.594. The second kappa shape index (κ2) is 3.58. The van der Waals surface area contributed by atoms with Gasteiger partial charge in [-0.25, -0.2) is 4.90 Å². The summed E-state index contributed by atoms with van der Waals surface area (Å²) in [4.78, 5) is 2.64. The van der Waals surface area contributed by atoms with E-state index < -0.39 is 0 Å². The van der Waals surface area contributed by atoms with Gasteiger partial charge in [0, 0.05) is 6.04 Å². The first kappa shape index (κ1) is 11.0. The molecular formula is C11H25N2+. The predicted octanol–water partition coefficient (Wildman–Crippen LogP) is 1.91. The van der Waals surface area contributed by atoms with Crippen LogP contribution in [0.4, 0.5) is 0 Å². The Kier molecular flexibility index (Phi) is 3.03. The summed E-state index contributed by atoms with van der Waals surface area (Å²) in [6.07, 6.45) is 1.26. The molecule has 0 aliphatic carbocycles.